The number of nitrogens with two attached hydrogens (primary N) is 1. The molecule has 0 rings (SSSR count). The highest BCUT2D eigenvalue weighted by molar-refractivity contribution is 5.64. The summed E-state index contributed by atoms with van der Waals surface area (Å²) in [7, 11) is 0. The van der Waals surface area contributed by atoms with Crippen molar-refractivity contribution in [1.82, 2.24) is 0 Å². The van der Waals surface area contributed by atoms with E-state index in [1.807, 2.05) is 0 Å². The quantitative estimate of drug-likeness (QED) is 0.702. The van der Waals surface area contributed by atoms with Crippen LogP contribution in [0.1, 0.15) is 20.8 Å². The van der Waals surface area contributed by atoms with Gasteiger partial charge < -0.3 is 10.5 Å². The van der Waals surface area contributed by atoms with E-state index in [1.54, 1.807) is 0 Å². The van der Waals surface area contributed by atoms with Crippen molar-refractivity contribution in [1.29, 1.82) is 0 Å². The van der Waals surface area contributed by atoms with Gasteiger partial charge >= 0.3 is 12.3 Å². The topological polar surface area (TPSA) is 52.3 Å². The molecule has 2 N–H and O–H groups in total. The number of amides is 1. The van der Waals surface area contributed by atoms with Crippen LogP contribution in [0, 0.1) is 5.41 Å². The van der Waals surface area contributed by atoms with Crippen molar-refractivity contribution < 1.29 is 22.7 Å². The minimum Gasteiger partial charge on any atom is -0.436 e. The fourth-order valence-corrected chi connectivity index (χ4v) is 0.851. The van der Waals surface area contributed by atoms with E-state index in [2.05, 4.69) is 10.5 Å². The Labute approximate surface area is 74.0 Å². The van der Waals surface area contributed by atoms with Crippen LogP contribution < -0.4 is 5.73 Å². The van der Waals surface area contributed by atoms with Gasteiger partial charge in [0.2, 0.25) is 6.10 Å². The summed E-state index contributed by atoms with van der Waals surface area (Å²) in [6.07, 6.45) is -8.18. The van der Waals surface area contributed by atoms with Crippen LogP contribution in [0.5, 0.6) is 0 Å². The van der Waals surface area contributed by atoms with Crippen molar-refractivity contribution >= 4 is 6.09 Å². The van der Waals surface area contributed by atoms with Gasteiger partial charge in [0.15, 0.2) is 0 Å². The van der Waals surface area contributed by atoms with Crippen molar-refractivity contribution in [3.63, 3.8) is 0 Å². The van der Waals surface area contributed by atoms with Crippen molar-refractivity contribution in [2.75, 3.05) is 0 Å². The van der Waals surface area contributed by atoms with Gasteiger partial charge in [0, 0.05) is 5.41 Å². The maximum absolute atomic E-state index is 12.2. The molecule has 0 saturated heterocycles. The number of halogens is 3. The van der Waals surface area contributed by atoms with E-state index in [0.29, 0.717) is 0 Å². The molecule has 0 saturated carbocycles. The first-order valence-corrected chi connectivity index (χ1v) is 3.58. The van der Waals surface area contributed by atoms with Crippen molar-refractivity contribution in [2.24, 2.45) is 11.1 Å². The molecule has 1 amide bonds. The van der Waals surface area contributed by atoms with E-state index in [4.69, 9.17) is 0 Å². The number of carbonyl (C=O) groups is 1. The molecule has 0 spiro atoms. The molecule has 0 heterocycles. The predicted octanol–water partition coefficient (Wildman–Crippen LogP) is 2.06. The molecule has 1 atom stereocenters. The molecule has 78 valence electrons. The number of alkyl halides is 3. The van der Waals surface area contributed by atoms with Gasteiger partial charge in [0.1, 0.15) is 0 Å². The zero-order chi connectivity index (χ0) is 10.9. The summed E-state index contributed by atoms with van der Waals surface area (Å²) < 4.78 is 40.7. The summed E-state index contributed by atoms with van der Waals surface area (Å²) in [6, 6.07) is 0. The molecule has 0 aromatic heterocycles. The lowest BCUT2D eigenvalue weighted by molar-refractivity contribution is -0.229. The fourth-order valence-electron chi connectivity index (χ4n) is 0.851. The summed E-state index contributed by atoms with van der Waals surface area (Å²) in [5, 5.41) is 0. The molecule has 13 heavy (non-hydrogen) atoms. The van der Waals surface area contributed by atoms with Gasteiger partial charge in [0.25, 0.3) is 0 Å². The molecule has 1 unspecified atom stereocenters. The Morgan fingerprint density at radius 2 is 1.69 bits per heavy atom. The van der Waals surface area contributed by atoms with Crippen LogP contribution in [0.2, 0.25) is 0 Å². The summed E-state index contributed by atoms with van der Waals surface area (Å²) >= 11 is 0. The summed E-state index contributed by atoms with van der Waals surface area (Å²) in [5.74, 6) is 0. The first kappa shape index (κ1) is 12.1. The second-order valence-electron chi connectivity index (χ2n) is 3.72. The molecule has 0 bridgehead atoms. The first-order chi connectivity index (χ1) is 5.55. The van der Waals surface area contributed by atoms with Gasteiger partial charge in [-0.15, -0.1) is 0 Å². The van der Waals surface area contributed by atoms with Gasteiger partial charge in [-0.25, -0.2) is 4.79 Å². The van der Waals surface area contributed by atoms with Crippen LogP contribution >= 0.6 is 0 Å². The Morgan fingerprint density at radius 3 is 1.77 bits per heavy atom. The zero-order valence-corrected chi connectivity index (χ0v) is 7.61. The molecular formula is C7H12F3NO2. The summed E-state index contributed by atoms with van der Waals surface area (Å²) in [5.41, 5.74) is 3.31. The molecule has 0 aliphatic carbocycles. The highest BCUT2D eigenvalue weighted by Crippen LogP contribution is 2.35. The summed E-state index contributed by atoms with van der Waals surface area (Å²) in [4.78, 5) is 10.2. The molecule has 3 nitrogen and oxygen atoms in total. The van der Waals surface area contributed by atoms with Crippen LogP contribution in [0.4, 0.5) is 18.0 Å². The fraction of sp³-hybridized carbons (Fsp3) is 0.857. The Hall–Kier alpha value is -0.940. The smallest absolute Gasteiger partial charge is 0.426 e. The van der Waals surface area contributed by atoms with E-state index in [9.17, 15) is 18.0 Å². The largest absolute Gasteiger partial charge is 0.436 e. The minimum atomic E-state index is -4.59. The monoisotopic (exact) mass is 199 g/mol. The predicted molar refractivity (Wildman–Crippen MR) is 40.0 cm³/mol. The van der Waals surface area contributed by atoms with Gasteiger partial charge in [-0.1, -0.05) is 20.8 Å². The van der Waals surface area contributed by atoms with Crippen LogP contribution in [0.25, 0.3) is 0 Å². The normalized spacial score (nSPS) is 15.2. The lowest BCUT2D eigenvalue weighted by Gasteiger charge is -2.30. The molecule has 0 aliphatic heterocycles. The Morgan fingerprint density at radius 1 is 1.31 bits per heavy atom. The Balaban J connectivity index is 4.68. The second-order valence-corrected chi connectivity index (χ2v) is 3.72. The molecule has 0 fully saturated rings. The SMILES string of the molecule is CC(C)(C)C(OC(N)=O)C(F)(F)F. The molecular weight excluding hydrogens is 187 g/mol. The lowest BCUT2D eigenvalue weighted by atomic mass is 9.88. The Bertz CT molecular complexity index is 181. The molecule has 6 heteroatoms. The van der Waals surface area contributed by atoms with E-state index in [1.165, 1.54) is 20.8 Å². The maximum atomic E-state index is 12.2. The highest BCUT2D eigenvalue weighted by atomic mass is 19.4. The molecule has 0 radical (unpaired) electrons. The number of ether oxygens (including phenoxy) is 1. The minimum absolute atomic E-state index is 1.21. The molecule has 0 aliphatic rings. The van der Waals surface area contributed by atoms with Crippen molar-refractivity contribution in [2.45, 2.75) is 33.1 Å². The van der Waals surface area contributed by atoms with Gasteiger partial charge in [-0.05, 0) is 0 Å². The molecule has 0 aromatic rings. The summed E-state index contributed by atoms with van der Waals surface area (Å²) in [6.45, 7) is 3.94. The number of rotatable bonds is 1. The van der Waals surface area contributed by atoms with E-state index in [0.717, 1.165) is 0 Å². The van der Waals surface area contributed by atoms with Crippen molar-refractivity contribution in [3.8, 4) is 0 Å². The number of hydrogen-bond acceptors (Lipinski definition) is 2. The van der Waals surface area contributed by atoms with Crippen LogP contribution in [-0.4, -0.2) is 18.4 Å². The van der Waals surface area contributed by atoms with Crippen molar-refractivity contribution in [3.05, 3.63) is 0 Å². The standard InChI is InChI=1S/C7H12F3NO2/c1-6(2,3)4(7(8,9)10)13-5(11)12/h4H,1-3H3,(H2,11,12). The third kappa shape index (κ3) is 4.00. The van der Waals surface area contributed by atoms with Crippen LogP contribution in [0.15, 0.2) is 0 Å². The number of primary amides is 1. The third-order valence-corrected chi connectivity index (χ3v) is 1.32. The highest BCUT2D eigenvalue weighted by Gasteiger charge is 2.49. The number of carbonyl (C=O) groups excluding carboxylic acids is 1. The maximum Gasteiger partial charge on any atom is 0.426 e. The average Bonchev–Trinajstić information content (AvgIpc) is 1.77. The van der Waals surface area contributed by atoms with E-state index < -0.39 is 23.8 Å². The van der Waals surface area contributed by atoms with Gasteiger partial charge in [0.05, 0.1) is 0 Å². The van der Waals surface area contributed by atoms with Gasteiger partial charge in [-0.3, -0.25) is 0 Å². The third-order valence-electron chi connectivity index (χ3n) is 1.32. The van der Waals surface area contributed by atoms with Crippen LogP contribution in [-0.2, 0) is 4.74 Å². The van der Waals surface area contributed by atoms with Gasteiger partial charge in [-0.2, -0.15) is 13.2 Å². The average molecular weight is 199 g/mol. The molecule has 0 aromatic carbocycles. The van der Waals surface area contributed by atoms with Crippen LogP contribution in [0.3, 0.4) is 0 Å². The lowest BCUT2D eigenvalue weighted by Crippen LogP contribution is -2.44. The van der Waals surface area contributed by atoms with E-state index in [-0.39, 0.29) is 0 Å². The zero-order valence-electron chi connectivity index (χ0n) is 7.61. The van der Waals surface area contributed by atoms with E-state index >= 15 is 0 Å². The second kappa shape index (κ2) is 3.43. The number of hydrogen-bond donors (Lipinski definition) is 1. The first-order valence-electron chi connectivity index (χ1n) is 3.58. The Kier molecular flexibility index (Phi) is 3.18.